The van der Waals surface area contributed by atoms with Crippen LogP contribution in [0.4, 0.5) is 4.39 Å². The summed E-state index contributed by atoms with van der Waals surface area (Å²) in [5.74, 6) is -0.00689. The molecule has 1 aromatic carbocycles. The lowest BCUT2D eigenvalue weighted by Gasteiger charge is -2.24. The van der Waals surface area contributed by atoms with Gasteiger partial charge in [-0.15, -0.1) is 12.4 Å². The van der Waals surface area contributed by atoms with Crippen LogP contribution in [0.1, 0.15) is 42.5 Å². The van der Waals surface area contributed by atoms with E-state index in [1.807, 2.05) is 4.90 Å². The standard InChI is InChI=1S/C19H26FN3O2.ClH/c20-16-7-5-14(6-8-16)19(25)23-10-2-9-22(11-12-23)18(24)13-15-3-1-4-17(15)21;/h5-8,15,17H,1-4,9-13,21H2;1H/t15-,17+;/m0./s1. The first kappa shape index (κ1) is 20.6. The molecule has 2 N–H and O–H groups in total. The Morgan fingerprint density at radius 3 is 2.31 bits per heavy atom. The molecule has 2 aliphatic rings. The summed E-state index contributed by atoms with van der Waals surface area (Å²) in [6, 6.07) is 5.75. The van der Waals surface area contributed by atoms with Crippen molar-refractivity contribution in [2.45, 2.75) is 38.1 Å². The van der Waals surface area contributed by atoms with E-state index in [0.29, 0.717) is 44.1 Å². The topological polar surface area (TPSA) is 66.6 Å². The zero-order chi connectivity index (χ0) is 17.8. The highest BCUT2D eigenvalue weighted by Crippen LogP contribution is 2.27. The van der Waals surface area contributed by atoms with Gasteiger partial charge in [0.15, 0.2) is 0 Å². The summed E-state index contributed by atoms with van der Waals surface area (Å²) in [7, 11) is 0. The van der Waals surface area contributed by atoms with E-state index >= 15 is 0 Å². The molecular formula is C19H27ClFN3O2. The van der Waals surface area contributed by atoms with Crippen LogP contribution in [0.3, 0.4) is 0 Å². The minimum Gasteiger partial charge on any atom is -0.341 e. The average Bonchev–Trinajstić information content (AvgIpc) is 2.86. The first-order valence-corrected chi connectivity index (χ1v) is 9.13. The third-order valence-corrected chi connectivity index (χ3v) is 5.38. The van der Waals surface area contributed by atoms with Gasteiger partial charge in [-0.05, 0) is 49.4 Å². The zero-order valence-corrected chi connectivity index (χ0v) is 15.7. The van der Waals surface area contributed by atoms with Crippen LogP contribution in [-0.4, -0.2) is 53.8 Å². The second-order valence-electron chi connectivity index (χ2n) is 7.09. The molecule has 7 heteroatoms. The monoisotopic (exact) mass is 383 g/mol. The van der Waals surface area contributed by atoms with Gasteiger partial charge in [0, 0.05) is 44.2 Å². The molecule has 2 fully saturated rings. The smallest absolute Gasteiger partial charge is 0.253 e. The lowest BCUT2D eigenvalue weighted by Crippen LogP contribution is -2.39. The number of nitrogens with zero attached hydrogens (tertiary/aromatic N) is 2. The van der Waals surface area contributed by atoms with Crippen molar-refractivity contribution in [1.29, 1.82) is 0 Å². The van der Waals surface area contributed by atoms with Gasteiger partial charge < -0.3 is 15.5 Å². The van der Waals surface area contributed by atoms with Crippen LogP contribution < -0.4 is 5.73 Å². The Morgan fingerprint density at radius 1 is 1.00 bits per heavy atom. The van der Waals surface area contributed by atoms with Gasteiger partial charge in [-0.25, -0.2) is 4.39 Å². The Morgan fingerprint density at radius 2 is 1.65 bits per heavy atom. The van der Waals surface area contributed by atoms with Crippen LogP contribution in [-0.2, 0) is 4.79 Å². The fourth-order valence-electron chi connectivity index (χ4n) is 3.82. The molecule has 1 saturated heterocycles. The Balaban J connectivity index is 0.00000243. The number of amides is 2. The Bertz CT molecular complexity index is 626. The van der Waals surface area contributed by atoms with Crippen LogP contribution in [0.15, 0.2) is 24.3 Å². The maximum atomic E-state index is 13.0. The lowest BCUT2D eigenvalue weighted by atomic mass is 9.99. The highest BCUT2D eigenvalue weighted by Gasteiger charge is 2.29. The molecule has 1 aliphatic carbocycles. The Labute approximate surface area is 160 Å². The highest BCUT2D eigenvalue weighted by molar-refractivity contribution is 5.94. The molecule has 5 nitrogen and oxygen atoms in total. The molecule has 0 bridgehead atoms. The van der Waals surface area contributed by atoms with Crippen LogP contribution in [0.25, 0.3) is 0 Å². The van der Waals surface area contributed by atoms with E-state index in [2.05, 4.69) is 0 Å². The first-order valence-electron chi connectivity index (χ1n) is 9.13. The van der Waals surface area contributed by atoms with E-state index in [4.69, 9.17) is 5.73 Å². The molecule has 0 radical (unpaired) electrons. The van der Waals surface area contributed by atoms with Gasteiger partial charge >= 0.3 is 0 Å². The molecule has 144 valence electrons. The van der Waals surface area contributed by atoms with Crippen molar-refractivity contribution in [3.05, 3.63) is 35.6 Å². The van der Waals surface area contributed by atoms with E-state index in [1.165, 1.54) is 24.3 Å². The van der Waals surface area contributed by atoms with Crippen molar-refractivity contribution in [3.8, 4) is 0 Å². The Kier molecular flexibility index (Phi) is 7.41. The quantitative estimate of drug-likeness (QED) is 0.871. The van der Waals surface area contributed by atoms with Gasteiger partial charge in [0.05, 0.1) is 0 Å². The van der Waals surface area contributed by atoms with Crippen LogP contribution in [0, 0.1) is 11.7 Å². The third kappa shape index (κ3) is 4.95. The number of carbonyl (C=O) groups excluding carboxylic acids is 2. The van der Waals surface area contributed by atoms with Crippen molar-refractivity contribution in [2.75, 3.05) is 26.2 Å². The van der Waals surface area contributed by atoms with E-state index in [0.717, 1.165) is 25.7 Å². The van der Waals surface area contributed by atoms with Crippen LogP contribution in [0.5, 0.6) is 0 Å². The summed E-state index contributed by atoms with van der Waals surface area (Å²) < 4.78 is 13.0. The number of benzene rings is 1. The van der Waals surface area contributed by atoms with Crippen LogP contribution in [0.2, 0.25) is 0 Å². The van der Waals surface area contributed by atoms with E-state index in [9.17, 15) is 14.0 Å². The first-order chi connectivity index (χ1) is 12.0. The van der Waals surface area contributed by atoms with Gasteiger partial charge in [0.2, 0.25) is 5.91 Å². The van der Waals surface area contributed by atoms with E-state index in [1.54, 1.807) is 4.90 Å². The molecule has 0 unspecified atom stereocenters. The lowest BCUT2D eigenvalue weighted by molar-refractivity contribution is -0.132. The zero-order valence-electron chi connectivity index (χ0n) is 14.9. The predicted octanol–water partition coefficient (Wildman–Crippen LogP) is 2.44. The van der Waals surface area contributed by atoms with E-state index in [-0.39, 0.29) is 36.1 Å². The fourth-order valence-corrected chi connectivity index (χ4v) is 3.82. The summed E-state index contributed by atoms with van der Waals surface area (Å²) in [4.78, 5) is 28.7. The molecule has 3 rings (SSSR count). The number of halogens is 2. The summed E-state index contributed by atoms with van der Waals surface area (Å²) in [5, 5.41) is 0. The number of hydrogen-bond donors (Lipinski definition) is 1. The number of carbonyl (C=O) groups is 2. The Hall–Kier alpha value is -1.66. The molecule has 2 atom stereocenters. The molecule has 2 amide bonds. The second kappa shape index (κ2) is 9.33. The predicted molar refractivity (Wildman–Crippen MR) is 101 cm³/mol. The van der Waals surface area contributed by atoms with Gasteiger partial charge in [-0.1, -0.05) is 6.42 Å². The molecule has 1 aliphatic heterocycles. The fraction of sp³-hybridized carbons (Fsp3) is 0.579. The largest absolute Gasteiger partial charge is 0.341 e. The minimum absolute atomic E-state index is 0. The van der Waals surface area contributed by atoms with E-state index < -0.39 is 0 Å². The molecular weight excluding hydrogens is 357 g/mol. The third-order valence-electron chi connectivity index (χ3n) is 5.38. The number of rotatable bonds is 3. The summed E-state index contributed by atoms with van der Waals surface area (Å²) >= 11 is 0. The van der Waals surface area contributed by atoms with Crippen LogP contribution >= 0.6 is 12.4 Å². The maximum Gasteiger partial charge on any atom is 0.253 e. The highest BCUT2D eigenvalue weighted by atomic mass is 35.5. The van der Waals surface area contributed by atoms with Crippen molar-refractivity contribution in [3.63, 3.8) is 0 Å². The van der Waals surface area contributed by atoms with Crippen molar-refractivity contribution < 1.29 is 14.0 Å². The van der Waals surface area contributed by atoms with Crippen molar-refractivity contribution >= 4 is 24.2 Å². The summed E-state index contributed by atoms with van der Waals surface area (Å²) in [6.07, 6.45) is 4.44. The molecule has 26 heavy (non-hydrogen) atoms. The van der Waals surface area contributed by atoms with Gasteiger partial charge in [0.25, 0.3) is 5.91 Å². The van der Waals surface area contributed by atoms with Crippen molar-refractivity contribution in [1.82, 2.24) is 9.80 Å². The second-order valence-corrected chi connectivity index (χ2v) is 7.09. The number of hydrogen-bond acceptors (Lipinski definition) is 3. The number of nitrogens with two attached hydrogens (primary N) is 1. The molecule has 1 saturated carbocycles. The van der Waals surface area contributed by atoms with Gasteiger partial charge in [-0.2, -0.15) is 0 Å². The van der Waals surface area contributed by atoms with Crippen molar-refractivity contribution in [2.24, 2.45) is 11.7 Å². The van der Waals surface area contributed by atoms with Gasteiger partial charge in [0.1, 0.15) is 5.82 Å². The molecule has 1 aromatic rings. The normalized spacial score (nSPS) is 23.3. The molecule has 1 heterocycles. The summed E-state index contributed by atoms with van der Waals surface area (Å²) in [5.41, 5.74) is 6.56. The molecule has 0 spiro atoms. The van der Waals surface area contributed by atoms with Gasteiger partial charge in [-0.3, -0.25) is 9.59 Å². The average molecular weight is 384 g/mol. The molecule has 0 aromatic heterocycles. The maximum absolute atomic E-state index is 13.0. The summed E-state index contributed by atoms with van der Waals surface area (Å²) in [6.45, 7) is 2.35. The SMILES string of the molecule is Cl.N[C@@H]1CCC[C@H]1CC(=O)N1CCCN(C(=O)c2ccc(F)cc2)CC1. The minimum atomic E-state index is -0.352.